The third-order valence-corrected chi connectivity index (χ3v) is 4.33. The van der Waals surface area contributed by atoms with Gasteiger partial charge in [-0.05, 0) is 31.4 Å². The molecule has 2 fully saturated rings. The van der Waals surface area contributed by atoms with Gasteiger partial charge in [0, 0.05) is 32.0 Å². The molecule has 1 aliphatic carbocycles. The first-order valence-corrected chi connectivity index (χ1v) is 7.59. The van der Waals surface area contributed by atoms with Crippen molar-refractivity contribution < 1.29 is 9.53 Å². The number of carbonyl (C=O) groups excluding carboxylic acids is 1. The minimum Gasteiger partial charge on any atom is -0.381 e. The first-order valence-electron chi connectivity index (χ1n) is 7.59. The fourth-order valence-corrected chi connectivity index (χ4v) is 2.85. The van der Waals surface area contributed by atoms with Gasteiger partial charge in [-0.2, -0.15) is 5.10 Å². The molecule has 1 saturated heterocycles. The topological polar surface area (TPSA) is 67.3 Å². The number of aromatic nitrogens is 2. The summed E-state index contributed by atoms with van der Waals surface area (Å²) in [5, 5.41) is 11.1. The second-order valence-electron chi connectivity index (χ2n) is 6.03. The third kappa shape index (κ3) is 3.32. The van der Waals surface area contributed by atoms with Crippen molar-refractivity contribution in [1.29, 1.82) is 0 Å². The van der Waals surface area contributed by atoms with Crippen LogP contribution in [0.25, 0.3) is 0 Å². The summed E-state index contributed by atoms with van der Waals surface area (Å²) in [6.07, 6.45) is 3.52. The van der Waals surface area contributed by atoms with Gasteiger partial charge in [-0.1, -0.05) is 6.92 Å². The Balaban J connectivity index is 1.56. The number of rotatable bonds is 3. The molecule has 1 aromatic rings. The average molecular weight is 290 g/mol. The lowest BCUT2D eigenvalue weighted by Gasteiger charge is -2.35. The van der Waals surface area contributed by atoms with Gasteiger partial charge in [-0.3, -0.25) is 5.32 Å². The van der Waals surface area contributed by atoms with Gasteiger partial charge in [0.1, 0.15) is 0 Å². The molecule has 2 atom stereocenters. The number of likely N-dealkylation sites (tertiary alicyclic amines) is 1. The van der Waals surface area contributed by atoms with Gasteiger partial charge in [-0.15, -0.1) is 5.10 Å². The van der Waals surface area contributed by atoms with E-state index in [1.165, 1.54) is 12.8 Å². The maximum absolute atomic E-state index is 12.2. The Bertz CT molecular complexity index is 501. The van der Waals surface area contributed by atoms with Crippen molar-refractivity contribution in [3.8, 4) is 0 Å². The normalized spacial score (nSPS) is 25.7. The number of nitrogens with one attached hydrogen (secondary N) is 1. The number of piperidine rings is 1. The van der Waals surface area contributed by atoms with Gasteiger partial charge < -0.3 is 9.64 Å². The fourth-order valence-electron chi connectivity index (χ4n) is 2.85. The Hall–Kier alpha value is -1.69. The molecule has 6 heteroatoms. The van der Waals surface area contributed by atoms with Crippen molar-refractivity contribution in [3.05, 3.63) is 17.8 Å². The zero-order chi connectivity index (χ0) is 14.8. The summed E-state index contributed by atoms with van der Waals surface area (Å²) in [6.45, 7) is 3.53. The highest BCUT2D eigenvalue weighted by Gasteiger charge is 2.29. The SMILES string of the molecule is COC1CCN(C(=O)Nc2ccc(C3CC3)nn2)CC1C. The van der Waals surface area contributed by atoms with Crippen LogP contribution in [0, 0.1) is 5.92 Å². The quantitative estimate of drug-likeness (QED) is 0.927. The standard InChI is InChI=1S/C15H22N4O2/c1-10-9-19(8-7-13(10)21-2)15(20)16-14-6-5-12(17-18-14)11-3-4-11/h5-6,10-11,13H,3-4,7-9H2,1-2H3,(H,16,18,20). The number of anilines is 1. The summed E-state index contributed by atoms with van der Waals surface area (Å²) in [4.78, 5) is 14.1. The molecule has 1 aliphatic heterocycles. The van der Waals surface area contributed by atoms with Crippen LogP contribution >= 0.6 is 0 Å². The number of hydrogen-bond acceptors (Lipinski definition) is 4. The Morgan fingerprint density at radius 3 is 2.71 bits per heavy atom. The van der Waals surface area contributed by atoms with E-state index in [-0.39, 0.29) is 12.1 Å². The Morgan fingerprint density at radius 2 is 2.14 bits per heavy atom. The molecule has 0 spiro atoms. The smallest absolute Gasteiger partial charge is 0.323 e. The monoisotopic (exact) mass is 290 g/mol. The van der Waals surface area contributed by atoms with Gasteiger partial charge in [0.2, 0.25) is 0 Å². The van der Waals surface area contributed by atoms with Crippen LogP contribution in [0.3, 0.4) is 0 Å². The number of ether oxygens (including phenoxy) is 1. The zero-order valence-corrected chi connectivity index (χ0v) is 12.6. The molecule has 3 rings (SSSR count). The predicted octanol–water partition coefficient (Wildman–Crippen LogP) is 2.24. The van der Waals surface area contributed by atoms with Crippen molar-refractivity contribution in [3.63, 3.8) is 0 Å². The molecule has 114 valence electrons. The van der Waals surface area contributed by atoms with Crippen LogP contribution in [0.4, 0.5) is 10.6 Å². The van der Waals surface area contributed by atoms with E-state index in [0.29, 0.717) is 30.7 Å². The van der Waals surface area contributed by atoms with Crippen LogP contribution in [0.5, 0.6) is 0 Å². The van der Waals surface area contributed by atoms with E-state index in [2.05, 4.69) is 22.4 Å². The van der Waals surface area contributed by atoms with Gasteiger partial charge >= 0.3 is 6.03 Å². The molecule has 0 bridgehead atoms. The first kappa shape index (κ1) is 14.3. The number of amides is 2. The second kappa shape index (κ2) is 5.97. The average Bonchev–Trinajstić information content (AvgIpc) is 3.32. The van der Waals surface area contributed by atoms with Crippen molar-refractivity contribution in [2.75, 3.05) is 25.5 Å². The van der Waals surface area contributed by atoms with E-state index >= 15 is 0 Å². The lowest BCUT2D eigenvalue weighted by Crippen LogP contribution is -2.47. The first-order chi connectivity index (χ1) is 10.2. The van der Waals surface area contributed by atoms with Crippen molar-refractivity contribution >= 4 is 11.8 Å². The van der Waals surface area contributed by atoms with Crippen LogP contribution in [-0.4, -0.2) is 47.4 Å². The minimum absolute atomic E-state index is 0.107. The molecule has 2 amide bonds. The lowest BCUT2D eigenvalue weighted by atomic mass is 9.97. The molecule has 0 radical (unpaired) electrons. The van der Waals surface area contributed by atoms with Crippen LogP contribution in [0.2, 0.25) is 0 Å². The maximum Gasteiger partial charge on any atom is 0.323 e. The zero-order valence-electron chi connectivity index (χ0n) is 12.6. The highest BCUT2D eigenvalue weighted by Crippen LogP contribution is 2.38. The van der Waals surface area contributed by atoms with Gasteiger partial charge in [0.25, 0.3) is 0 Å². The number of carbonyl (C=O) groups is 1. The fraction of sp³-hybridized carbons (Fsp3) is 0.667. The lowest BCUT2D eigenvalue weighted by molar-refractivity contribution is 0.0123. The summed E-state index contributed by atoms with van der Waals surface area (Å²) < 4.78 is 5.41. The predicted molar refractivity (Wildman–Crippen MR) is 79.2 cm³/mol. The Kier molecular flexibility index (Phi) is 4.05. The van der Waals surface area contributed by atoms with Gasteiger partial charge in [0.05, 0.1) is 11.8 Å². The number of nitrogens with zero attached hydrogens (tertiary/aromatic N) is 3. The maximum atomic E-state index is 12.2. The Labute approximate surface area is 124 Å². The molecule has 1 saturated carbocycles. The molecule has 2 aliphatic rings. The second-order valence-corrected chi connectivity index (χ2v) is 6.03. The van der Waals surface area contributed by atoms with E-state index in [0.717, 1.165) is 12.1 Å². The largest absolute Gasteiger partial charge is 0.381 e. The highest BCUT2D eigenvalue weighted by atomic mass is 16.5. The number of methoxy groups -OCH3 is 1. The minimum atomic E-state index is -0.107. The highest BCUT2D eigenvalue weighted by molar-refractivity contribution is 5.88. The Morgan fingerprint density at radius 1 is 1.33 bits per heavy atom. The van der Waals surface area contributed by atoms with Crippen LogP contribution in [0.15, 0.2) is 12.1 Å². The number of hydrogen-bond donors (Lipinski definition) is 1. The van der Waals surface area contributed by atoms with E-state index in [1.54, 1.807) is 7.11 Å². The van der Waals surface area contributed by atoms with Crippen molar-refractivity contribution in [1.82, 2.24) is 15.1 Å². The summed E-state index contributed by atoms with van der Waals surface area (Å²) >= 11 is 0. The van der Waals surface area contributed by atoms with Crippen LogP contribution < -0.4 is 5.32 Å². The van der Waals surface area contributed by atoms with E-state index in [1.807, 2.05) is 17.0 Å². The van der Waals surface area contributed by atoms with Crippen LogP contribution in [0.1, 0.15) is 37.8 Å². The van der Waals surface area contributed by atoms with Crippen molar-refractivity contribution in [2.24, 2.45) is 5.92 Å². The van der Waals surface area contributed by atoms with Gasteiger partial charge in [0.15, 0.2) is 5.82 Å². The van der Waals surface area contributed by atoms with E-state index in [4.69, 9.17) is 4.74 Å². The molecule has 1 N–H and O–H groups in total. The summed E-state index contributed by atoms with van der Waals surface area (Å²) in [6, 6.07) is 3.69. The molecule has 2 unspecified atom stereocenters. The summed E-state index contributed by atoms with van der Waals surface area (Å²) in [5.41, 5.74) is 1.03. The molecule has 6 nitrogen and oxygen atoms in total. The van der Waals surface area contributed by atoms with E-state index < -0.39 is 0 Å². The number of urea groups is 1. The van der Waals surface area contributed by atoms with Crippen LogP contribution in [-0.2, 0) is 4.74 Å². The van der Waals surface area contributed by atoms with E-state index in [9.17, 15) is 4.79 Å². The molecular formula is C15H22N4O2. The summed E-state index contributed by atoms with van der Waals surface area (Å²) in [5.74, 6) is 1.44. The molecule has 1 aromatic heterocycles. The molecular weight excluding hydrogens is 268 g/mol. The third-order valence-electron chi connectivity index (χ3n) is 4.33. The molecule has 0 aromatic carbocycles. The summed E-state index contributed by atoms with van der Waals surface area (Å²) in [7, 11) is 1.73. The van der Waals surface area contributed by atoms with Gasteiger partial charge in [-0.25, -0.2) is 4.79 Å². The van der Waals surface area contributed by atoms with Crippen molar-refractivity contribution in [2.45, 2.75) is 38.2 Å². The molecule has 21 heavy (non-hydrogen) atoms. The molecule has 2 heterocycles.